The molecule has 2 amide bonds. The number of fused-ring (bicyclic) bond motifs is 2. The molecule has 16 heteroatoms. The lowest BCUT2D eigenvalue weighted by Crippen LogP contribution is -2.47. The SMILES string of the molecule is CNc1cc(Nc2cc(F)cc3c2OCCO3)nc2c(N3OC(=O)CCCCC(=O)ON([C@@H]4C[C@@H]4F)C3=O)cnn12. The fourth-order valence-corrected chi connectivity index (χ4v) is 4.45. The smallest absolute Gasteiger partial charge is 0.391 e. The third-order valence-corrected chi connectivity index (χ3v) is 6.55. The molecule has 2 fully saturated rings. The highest BCUT2D eigenvalue weighted by atomic mass is 19.1. The highest BCUT2D eigenvalue weighted by Gasteiger charge is 2.50. The van der Waals surface area contributed by atoms with Crippen molar-refractivity contribution in [1.29, 1.82) is 0 Å². The number of hydroxylamine groups is 3. The van der Waals surface area contributed by atoms with Gasteiger partial charge in [0.1, 0.15) is 42.9 Å². The third-order valence-electron chi connectivity index (χ3n) is 6.55. The number of ether oxygens (including phenoxy) is 2. The van der Waals surface area contributed by atoms with Gasteiger partial charge in [0.2, 0.25) is 0 Å². The maximum atomic E-state index is 14.3. The van der Waals surface area contributed by atoms with E-state index in [4.69, 9.17) is 19.1 Å². The maximum Gasteiger partial charge on any atom is 0.391 e. The lowest BCUT2D eigenvalue weighted by atomic mass is 10.2. The van der Waals surface area contributed by atoms with Crippen LogP contribution < -0.4 is 25.2 Å². The first-order valence-corrected chi connectivity index (χ1v) is 12.9. The van der Waals surface area contributed by atoms with Crippen LogP contribution in [0.15, 0.2) is 24.4 Å². The molecule has 4 heterocycles. The minimum Gasteiger partial charge on any atom is -0.486 e. The summed E-state index contributed by atoms with van der Waals surface area (Å²) in [6.45, 7) is 0.528. The topological polar surface area (TPSA) is 149 Å². The van der Waals surface area contributed by atoms with Gasteiger partial charge >= 0.3 is 18.0 Å². The molecule has 0 bridgehead atoms. The predicted octanol–water partition coefficient (Wildman–Crippen LogP) is 3.25. The van der Waals surface area contributed by atoms with Crippen molar-refractivity contribution in [3.63, 3.8) is 0 Å². The van der Waals surface area contributed by atoms with Crippen LogP contribution in [-0.4, -0.2) is 70.1 Å². The molecular weight excluding hydrogens is 548 g/mol. The van der Waals surface area contributed by atoms with Crippen molar-refractivity contribution in [1.82, 2.24) is 19.7 Å². The molecule has 3 aliphatic rings. The van der Waals surface area contributed by atoms with Crippen molar-refractivity contribution >= 4 is 46.6 Å². The van der Waals surface area contributed by atoms with Gasteiger partial charge in [-0.2, -0.15) is 9.61 Å². The third kappa shape index (κ3) is 5.19. The van der Waals surface area contributed by atoms with E-state index in [-0.39, 0.29) is 66.8 Å². The number of urea groups is 1. The van der Waals surface area contributed by atoms with Crippen LogP contribution >= 0.6 is 0 Å². The van der Waals surface area contributed by atoms with Gasteiger partial charge in [-0.3, -0.25) is 0 Å². The average Bonchev–Trinajstić information content (AvgIpc) is 3.53. The summed E-state index contributed by atoms with van der Waals surface area (Å²) >= 11 is 0. The number of rotatable bonds is 5. The van der Waals surface area contributed by atoms with Crippen molar-refractivity contribution in [3.05, 3.63) is 30.2 Å². The number of amides is 2. The first-order chi connectivity index (χ1) is 19.8. The Kier molecular flexibility index (Phi) is 6.80. The molecule has 0 radical (unpaired) electrons. The largest absolute Gasteiger partial charge is 0.486 e. The Morgan fingerprint density at radius 3 is 2.49 bits per heavy atom. The second-order valence-electron chi connectivity index (χ2n) is 9.50. The summed E-state index contributed by atoms with van der Waals surface area (Å²) in [5.74, 6) is -0.990. The van der Waals surface area contributed by atoms with E-state index in [2.05, 4.69) is 20.7 Å². The maximum absolute atomic E-state index is 14.3. The molecule has 1 saturated carbocycles. The monoisotopic (exact) mass is 573 g/mol. The van der Waals surface area contributed by atoms with Gasteiger partial charge in [-0.25, -0.2) is 28.1 Å². The van der Waals surface area contributed by atoms with E-state index in [1.54, 1.807) is 13.1 Å². The summed E-state index contributed by atoms with van der Waals surface area (Å²) in [4.78, 5) is 53.8. The van der Waals surface area contributed by atoms with Crippen LogP contribution in [0.3, 0.4) is 0 Å². The molecule has 2 aliphatic heterocycles. The molecule has 0 spiro atoms. The van der Waals surface area contributed by atoms with Crippen molar-refractivity contribution in [2.45, 2.75) is 44.3 Å². The fraction of sp³-hybridized carbons (Fsp3) is 0.400. The van der Waals surface area contributed by atoms with Crippen LogP contribution in [0.1, 0.15) is 32.1 Å². The van der Waals surface area contributed by atoms with Gasteiger partial charge in [0, 0.05) is 44.5 Å². The molecule has 1 aromatic carbocycles. The number of hydrogen-bond donors (Lipinski definition) is 2. The van der Waals surface area contributed by atoms with Crippen molar-refractivity contribution < 1.29 is 42.3 Å². The highest BCUT2D eigenvalue weighted by Crippen LogP contribution is 2.40. The van der Waals surface area contributed by atoms with E-state index >= 15 is 0 Å². The van der Waals surface area contributed by atoms with E-state index in [0.717, 1.165) is 0 Å². The zero-order valence-electron chi connectivity index (χ0n) is 21.8. The molecule has 2 aromatic heterocycles. The molecule has 2 N–H and O–H groups in total. The second kappa shape index (κ2) is 10.6. The summed E-state index contributed by atoms with van der Waals surface area (Å²) in [6.07, 6.45) is 0.245. The van der Waals surface area contributed by atoms with Gasteiger partial charge in [-0.15, -0.1) is 10.1 Å². The number of nitrogens with zero attached hydrogens (tertiary/aromatic N) is 5. The highest BCUT2D eigenvalue weighted by molar-refractivity contribution is 5.96. The lowest BCUT2D eigenvalue weighted by molar-refractivity contribution is -0.180. The van der Waals surface area contributed by atoms with Gasteiger partial charge in [-0.1, -0.05) is 0 Å². The Bertz CT molecular complexity index is 1530. The summed E-state index contributed by atoms with van der Waals surface area (Å²) in [5, 5.41) is 11.4. The number of halogens is 2. The molecule has 2 atom stereocenters. The summed E-state index contributed by atoms with van der Waals surface area (Å²) < 4.78 is 40.9. The van der Waals surface area contributed by atoms with Crippen LogP contribution in [0.25, 0.3) is 5.65 Å². The first-order valence-electron chi connectivity index (χ1n) is 12.9. The normalized spacial score (nSPS) is 21.2. The first kappa shape index (κ1) is 26.3. The van der Waals surface area contributed by atoms with Gasteiger partial charge in [0.25, 0.3) is 0 Å². The van der Waals surface area contributed by atoms with E-state index < -0.39 is 36.0 Å². The molecule has 0 unspecified atom stereocenters. The van der Waals surface area contributed by atoms with Gasteiger partial charge < -0.3 is 29.8 Å². The average molecular weight is 574 g/mol. The number of anilines is 4. The molecule has 1 saturated heterocycles. The number of nitrogens with one attached hydrogen (secondary N) is 2. The van der Waals surface area contributed by atoms with Gasteiger partial charge in [-0.05, 0) is 12.8 Å². The molecule has 1 aliphatic carbocycles. The van der Waals surface area contributed by atoms with E-state index in [1.807, 2.05) is 0 Å². The number of aromatic nitrogens is 3. The quantitative estimate of drug-likeness (QED) is 0.463. The lowest BCUT2D eigenvalue weighted by Gasteiger charge is -2.26. The predicted molar refractivity (Wildman–Crippen MR) is 137 cm³/mol. The number of hydrogen-bond acceptors (Lipinski definition) is 11. The summed E-state index contributed by atoms with van der Waals surface area (Å²) in [6, 6.07) is 1.85. The van der Waals surface area contributed by atoms with E-state index in [9.17, 15) is 23.2 Å². The second-order valence-corrected chi connectivity index (χ2v) is 9.50. The molecular formula is C25H25F2N7O7. The Balaban J connectivity index is 1.42. The van der Waals surface area contributed by atoms with Crippen LogP contribution in [0.5, 0.6) is 11.5 Å². The molecule has 3 aromatic rings. The summed E-state index contributed by atoms with van der Waals surface area (Å²) in [7, 11) is 1.62. The Morgan fingerprint density at radius 2 is 1.76 bits per heavy atom. The minimum atomic E-state index is -1.41. The number of carbonyl (C=O) groups excluding carboxylic acids is 3. The molecule has 41 heavy (non-hydrogen) atoms. The molecule has 6 rings (SSSR count). The number of carbonyl (C=O) groups is 3. The van der Waals surface area contributed by atoms with Crippen molar-refractivity contribution in [2.24, 2.45) is 0 Å². The zero-order valence-corrected chi connectivity index (χ0v) is 21.8. The van der Waals surface area contributed by atoms with Gasteiger partial charge in [0.15, 0.2) is 22.8 Å². The standard InChI is InChI=1S/C25H25F2N7O7/c1-28-20-11-19(30-15-8-13(26)9-18-23(15)39-7-6-38-18)31-24-17(12-29-32(20)24)34-25(37)33(16-10-14(16)27)40-21(35)4-2-3-5-22(36)41-34/h8-9,11-12,14,16,28H,2-7,10H2,1H3,(H,30,31)/t14-,16+/m0/s1. The van der Waals surface area contributed by atoms with Crippen molar-refractivity contribution in [3.8, 4) is 11.5 Å². The van der Waals surface area contributed by atoms with Crippen LogP contribution in [0.2, 0.25) is 0 Å². The Labute approximate surface area is 231 Å². The fourth-order valence-electron chi connectivity index (χ4n) is 4.45. The Hall–Kier alpha value is -4.89. The van der Waals surface area contributed by atoms with Gasteiger partial charge in [0.05, 0.1) is 11.9 Å². The number of benzene rings is 1. The zero-order chi connectivity index (χ0) is 28.7. The summed E-state index contributed by atoms with van der Waals surface area (Å²) in [5.41, 5.74) is 0.163. The van der Waals surface area contributed by atoms with Crippen LogP contribution in [-0.2, 0) is 19.3 Å². The van der Waals surface area contributed by atoms with Crippen LogP contribution in [0, 0.1) is 5.82 Å². The number of alkyl halides is 1. The van der Waals surface area contributed by atoms with Crippen molar-refractivity contribution in [2.75, 3.05) is 36.0 Å². The van der Waals surface area contributed by atoms with Crippen LogP contribution in [0.4, 0.5) is 36.6 Å². The Morgan fingerprint density at radius 1 is 1.02 bits per heavy atom. The van der Waals surface area contributed by atoms with E-state index in [0.29, 0.717) is 28.8 Å². The van der Waals surface area contributed by atoms with E-state index in [1.165, 1.54) is 22.8 Å². The minimum absolute atomic E-state index is 0.0247. The molecule has 216 valence electrons. The molecule has 14 nitrogen and oxygen atoms in total.